The van der Waals surface area contributed by atoms with Crippen molar-refractivity contribution in [1.29, 1.82) is 0 Å². The third-order valence-electron chi connectivity index (χ3n) is 5.30. The maximum absolute atomic E-state index is 12.4. The molecule has 194 valence electrons. The number of fused-ring (bicyclic) bond motifs is 1. The predicted octanol–water partition coefficient (Wildman–Crippen LogP) is 2.68. The van der Waals surface area contributed by atoms with E-state index in [1.54, 1.807) is 24.3 Å². The van der Waals surface area contributed by atoms with Gasteiger partial charge in [-0.1, -0.05) is 52.8 Å². The van der Waals surface area contributed by atoms with Gasteiger partial charge in [0.15, 0.2) is 17.9 Å². The molecule has 1 aromatic heterocycles. The Labute approximate surface area is 207 Å². The molecule has 10 nitrogen and oxygen atoms in total. The second-order valence-corrected chi connectivity index (χ2v) is 10.1. The fourth-order valence-corrected chi connectivity index (χ4v) is 4.00. The van der Waals surface area contributed by atoms with Gasteiger partial charge in [-0.15, -0.1) is 0 Å². The van der Waals surface area contributed by atoms with Gasteiger partial charge in [-0.2, -0.15) is 0 Å². The zero-order valence-electron chi connectivity index (χ0n) is 21.4. The number of benzene rings is 1. The normalized spacial score (nSPS) is 15.4. The van der Waals surface area contributed by atoms with Crippen molar-refractivity contribution < 1.29 is 24.9 Å². The summed E-state index contributed by atoms with van der Waals surface area (Å²) in [7, 11) is 1.33. The number of rotatable bonds is 8. The Balaban J connectivity index is 0.000000466. The summed E-state index contributed by atoms with van der Waals surface area (Å²) in [5.41, 5.74) is 1.42. The number of methoxy groups -OCH3 is 1. The Morgan fingerprint density at radius 3 is 2.37 bits per heavy atom. The largest absolute Gasteiger partial charge is 0.394 e. The van der Waals surface area contributed by atoms with E-state index in [4.69, 9.17) is 4.74 Å². The molecule has 35 heavy (non-hydrogen) atoms. The molecular weight excluding hydrogens is 450 g/mol. The van der Waals surface area contributed by atoms with Crippen LogP contribution in [0.25, 0.3) is 0 Å². The molecule has 0 saturated carbocycles. The summed E-state index contributed by atoms with van der Waals surface area (Å²) in [4.78, 5) is 22.0. The summed E-state index contributed by atoms with van der Waals surface area (Å²) < 4.78 is 4.96. The summed E-state index contributed by atoms with van der Waals surface area (Å²) in [5, 5.41) is 35.6. The molecule has 0 saturated heterocycles. The number of carbonyl (C=O) groups is 1. The van der Waals surface area contributed by atoms with E-state index in [1.807, 2.05) is 6.07 Å². The van der Waals surface area contributed by atoms with Crippen LogP contribution in [0, 0.1) is 11.3 Å². The van der Waals surface area contributed by atoms with E-state index in [0.29, 0.717) is 22.5 Å². The highest BCUT2D eigenvalue weighted by Gasteiger charge is 2.36. The number of hydrogen-bond acceptors (Lipinski definition) is 9. The number of aliphatic hydroxyl groups is 3. The molecule has 1 aliphatic rings. The Morgan fingerprint density at radius 2 is 1.86 bits per heavy atom. The molecule has 2 heterocycles. The van der Waals surface area contributed by atoms with Crippen LogP contribution in [0.15, 0.2) is 36.7 Å². The second-order valence-electron chi connectivity index (χ2n) is 10.1. The summed E-state index contributed by atoms with van der Waals surface area (Å²) in [5.74, 6) is 1.07. The quantitative estimate of drug-likeness (QED) is 0.378. The first-order chi connectivity index (χ1) is 16.5. The number of aromatic nitrogens is 2. The highest BCUT2D eigenvalue weighted by atomic mass is 16.5. The van der Waals surface area contributed by atoms with Gasteiger partial charge in [0.1, 0.15) is 24.2 Å². The van der Waals surface area contributed by atoms with Crippen molar-refractivity contribution in [2.24, 2.45) is 11.3 Å². The summed E-state index contributed by atoms with van der Waals surface area (Å²) in [6.07, 6.45) is -1.14. The van der Waals surface area contributed by atoms with E-state index in [1.165, 1.54) is 24.8 Å². The number of nitrogens with zero attached hydrogens (tertiary/aromatic N) is 3. The van der Waals surface area contributed by atoms with Gasteiger partial charge >= 0.3 is 0 Å². The Kier molecular flexibility index (Phi) is 10.4. The fraction of sp³-hybridized carbons (Fsp3) is 0.560. The lowest BCUT2D eigenvalue weighted by atomic mass is 9.86. The van der Waals surface area contributed by atoms with Crippen LogP contribution in [0.3, 0.4) is 0 Å². The number of aliphatic hydroxyl groups excluding tert-OH is 3. The predicted molar refractivity (Wildman–Crippen MR) is 136 cm³/mol. The van der Waals surface area contributed by atoms with Gasteiger partial charge in [0.05, 0.1) is 13.3 Å². The van der Waals surface area contributed by atoms with Gasteiger partial charge in [-0.25, -0.2) is 9.97 Å². The van der Waals surface area contributed by atoms with E-state index < -0.39 is 25.0 Å². The molecule has 1 amide bonds. The van der Waals surface area contributed by atoms with Crippen LogP contribution >= 0.6 is 0 Å². The Hall–Kier alpha value is -2.79. The second kappa shape index (κ2) is 12.8. The molecule has 0 fully saturated rings. The van der Waals surface area contributed by atoms with E-state index in [-0.39, 0.29) is 18.4 Å². The van der Waals surface area contributed by atoms with Gasteiger partial charge in [0.25, 0.3) is 5.91 Å². The lowest BCUT2D eigenvalue weighted by Gasteiger charge is -2.31. The average Bonchev–Trinajstić information content (AvgIpc) is 3.24. The molecule has 5 N–H and O–H groups in total. The molecule has 0 radical (unpaired) electrons. The lowest BCUT2D eigenvalue weighted by molar-refractivity contribution is -0.0921. The summed E-state index contributed by atoms with van der Waals surface area (Å²) in [6, 6.07) is 8.67. The highest BCUT2D eigenvalue weighted by molar-refractivity contribution is 6.06. The van der Waals surface area contributed by atoms with Gasteiger partial charge in [0, 0.05) is 12.7 Å². The van der Waals surface area contributed by atoms with Crippen LogP contribution < -0.4 is 15.5 Å². The highest BCUT2D eigenvalue weighted by Crippen LogP contribution is 2.35. The van der Waals surface area contributed by atoms with Gasteiger partial charge in [-0.05, 0) is 29.9 Å². The van der Waals surface area contributed by atoms with E-state index in [0.717, 1.165) is 5.92 Å². The van der Waals surface area contributed by atoms with Crippen molar-refractivity contribution in [1.82, 2.24) is 9.97 Å². The van der Waals surface area contributed by atoms with Crippen molar-refractivity contribution in [3.63, 3.8) is 0 Å². The first kappa shape index (κ1) is 28.4. The third-order valence-corrected chi connectivity index (χ3v) is 5.30. The van der Waals surface area contributed by atoms with Gasteiger partial charge in [-0.3, -0.25) is 4.79 Å². The minimum absolute atomic E-state index is 0.127. The number of carbonyl (C=O) groups excluding carboxylic acids is 1. The van der Waals surface area contributed by atoms with Crippen LogP contribution in [0.4, 0.5) is 17.3 Å². The molecule has 0 aliphatic carbocycles. The van der Waals surface area contributed by atoms with Crippen LogP contribution in [-0.4, -0.2) is 70.0 Å². The number of hydrogen-bond donors (Lipinski definition) is 5. The molecule has 0 spiro atoms. The average molecular weight is 490 g/mol. The third kappa shape index (κ3) is 8.14. The first-order valence-corrected chi connectivity index (χ1v) is 11.7. The van der Waals surface area contributed by atoms with Crippen molar-refractivity contribution in [3.05, 3.63) is 42.2 Å². The zero-order valence-corrected chi connectivity index (χ0v) is 21.4. The van der Waals surface area contributed by atoms with Crippen molar-refractivity contribution in [2.75, 3.05) is 35.9 Å². The van der Waals surface area contributed by atoms with Crippen LogP contribution in [0.1, 0.15) is 51.4 Å². The molecule has 0 bridgehead atoms. The van der Waals surface area contributed by atoms with Crippen LogP contribution in [-0.2, 0) is 4.74 Å². The minimum Gasteiger partial charge on any atom is -0.394 e. The fourth-order valence-electron chi connectivity index (χ4n) is 4.00. The Morgan fingerprint density at radius 1 is 1.20 bits per heavy atom. The molecule has 3 rings (SSSR count). The van der Waals surface area contributed by atoms with Crippen LogP contribution in [0.5, 0.6) is 0 Å². The number of ether oxygens (including phenoxy) is 1. The van der Waals surface area contributed by atoms with Gasteiger partial charge < -0.3 is 35.6 Å². The zero-order chi connectivity index (χ0) is 26.2. The maximum Gasteiger partial charge on any atom is 0.256 e. The maximum atomic E-state index is 12.4. The molecule has 2 aromatic rings. The van der Waals surface area contributed by atoms with Crippen molar-refractivity contribution in [3.8, 4) is 0 Å². The van der Waals surface area contributed by atoms with E-state index in [9.17, 15) is 20.1 Å². The van der Waals surface area contributed by atoms with Gasteiger partial charge in [0.2, 0.25) is 0 Å². The monoisotopic (exact) mass is 489 g/mol. The Bertz CT molecular complexity index is 932. The topological polar surface area (TPSA) is 140 Å². The molecule has 10 heteroatoms. The van der Waals surface area contributed by atoms with Crippen LogP contribution in [0.2, 0.25) is 0 Å². The number of amides is 1. The first-order valence-electron chi connectivity index (χ1n) is 11.7. The lowest BCUT2D eigenvalue weighted by Crippen LogP contribution is -2.50. The van der Waals surface area contributed by atoms with E-state index >= 15 is 0 Å². The molecule has 1 aromatic carbocycles. The number of nitrogens with one attached hydrogen (secondary N) is 2. The standard InChI is InChI=1S/C17H21N5O5.C8H18/c1-27-11(7-23)13(24)17(26)22-9-20-12-14(18-8-19-15(12)22)21-16(25)10-5-3-2-4-6-10;1-7(2)6-8(3,4)5/h2-6,8,11,13,17,20,23-24,26H,7,9H2,1H3,(H,18,19,21,25);7H,6H2,1-5H3. The summed E-state index contributed by atoms with van der Waals surface area (Å²) in [6.45, 7) is 11.1. The summed E-state index contributed by atoms with van der Waals surface area (Å²) >= 11 is 0. The SMILES string of the molecule is CC(C)CC(C)(C)C.COC(CO)C(O)C(O)N1CNc2c(NC(=O)c3ccccc3)ncnc21. The van der Waals surface area contributed by atoms with Crippen molar-refractivity contribution >= 4 is 23.2 Å². The van der Waals surface area contributed by atoms with E-state index in [2.05, 4.69) is 55.2 Å². The number of anilines is 3. The smallest absolute Gasteiger partial charge is 0.256 e. The molecule has 3 unspecified atom stereocenters. The molecule has 1 aliphatic heterocycles. The molecule has 3 atom stereocenters. The molecular formula is C25H39N5O5. The van der Waals surface area contributed by atoms with Crippen molar-refractivity contribution in [2.45, 2.75) is 59.5 Å². The minimum atomic E-state index is -1.39.